The first-order valence-electron chi connectivity index (χ1n) is 13.2. The van der Waals surface area contributed by atoms with Crippen molar-refractivity contribution in [2.24, 2.45) is 0 Å². The van der Waals surface area contributed by atoms with E-state index in [-0.39, 0.29) is 29.1 Å². The second kappa shape index (κ2) is 13.9. The minimum atomic E-state index is -4.26. The van der Waals surface area contributed by atoms with Gasteiger partial charge in [0.1, 0.15) is 24.2 Å². The quantitative estimate of drug-likeness (QED) is 0.321. The van der Waals surface area contributed by atoms with Gasteiger partial charge in [0.15, 0.2) is 0 Å². The lowest BCUT2D eigenvalue weighted by Crippen LogP contribution is -2.53. The SMILES string of the molecule is CC[C@@H](C)NC(=O)[C@@H](CC)N(Cc1cccc(OC)c1)C(=O)CN(c1ccccc1)S(=O)(=O)c1ccc(F)cc1. The number of ether oxygens (including phenoxy) is 1. The molecule has 3 aromatic carbocycles. The van der Waals surface area contributed by atoms with Crippen LogP contribution in [0.25, 0.3) is 0 Å². The molecule has 3 aromatic rings. The van der Waals surface area contributed by atoms with E-state index in [4.69, 9.17) is 4.74 Å². The van der Waals surface area contributed by atoms with E-state index < -0.39 is 34.3 Å². The Labute approximate surface area is 235 Å². The molecule has 2 amide bonds. The first kappa shape index (κ1) is 30.6. The molecule has 0 aromatic heterocycles. The highest BCUT2D eigenvalue weighted by atomic mass is 32.2. The number of sulfonamides is 1. The predicted molar refractivity (Wildman–Crippen MR) is 153 cm³/mol. The van der Waals surface area contributed by atoms with Gasteiger partial charge in [-0.15, -0.1) is 0 Å². The van der Waals surface area contributed by atoms with Crippen molar-refractivity contribution in [3.8, 4) is 5.75 Å². The summed E-state index contributed by atoms with van der Waals surface area (Å²) >= 11 is 0. The Balaban J connectivity index is 2.04. The molecule has 2 atom stereocenters. The normalized spacial score (nSPS) is 12.7. The van der Waals surface area contributed by atoms with Gasteiger partial charge in [0.05, 0.1) is 17.7 Å². The molecule has 10 heteroatoms. The lowest BCUT2D eigenvalue weighted by molar-refractivity contribution is -0.140. The molecule has 0 fully saturated rings. The maximum Gasteiger partial charge on any atom is 0.264 e. The first-order chi connectivity index (χ1) is 19.1. The van der Waals surface area contributed by atoms with E-state index in [2.05, 4.69) is 5.32 Å². The van der Waals surface area contributed by atoms with Crippen LogP contribution >= 0.6 is 0 Å². The van der Waals surface area contributed by atoms with E-state index in [1.54, 1.807) is 55.5 Å². The topological polar surface area (TPSA) is 96.0 Å². The Morgan fingerprint density at radius 3 is 2.23 bits per heavy atom. The van der Waals surface area contributed by atoms with Gasteiger partial charge in [-0.3, -0.25) is 13.9 Å². The van der Waals surface area contributed by atoms with E-state index in [0.717, 1.165) is 34.1 Å². The number of benzene rings is 3. The average Bonchev–Trinajstić information content (AvgIpc) is 2.96. The number of para-hydroxylation sites is 1. The van der Waals surface area contributed by atoms with Crippen LogP contribution in [0.15, 0.2) is 83.8 Å². The predicted octanol–water partition coefficient (Wildman–Crippen LogP) is 4.75. The highest BCUT2D eigenvalue weighted by Gasteiger charge is 2.34. The van der Waals surface area contributed by atoms with Gasteiger partial charge < -0.3 is 15.0 Å². The van der Waals surface area contributed by atoms with E-state index in [1.165, 1.54) is 12.0 Å². The van der Waals surface area contributed by atoms with Crippen LogP contribution in [0.4, 0.5) is 10.1 Å². The fourth-order valence-electron chi connectivity index (χ4n) is 4.18. The highest BCUT2D eigenvalue weighted by molar-refractivity contribution is 7.92. The largest absolute Gasteiger partial charge is 0.497 e. The summed E-state index contributed by atoms with van der Waals surface area (Å²) < 4.78 is 47.4. The van der Waals surface area contributed by atoms with Crippen molar-refractivity contribution >= 4 is 27.5 Å². The van der Waals surface area contributed by atoms with Gasteiger partial charge in [-0.1, -0.05) is 44.2 Å². The van der Waals surface area contributed by atoms with Crippen molar-refractivity contribution in [3.05, 3.63) is 90.2 Å². The molecule has 0 aliphatic heterocycles. The molecule has 0 saturated heterocycles. The Hall–Kier alpha value is -3.92. The minimum absolute atomic E-state index is 0.0572. The molecule has 214 valence electrons. The number of carbonyl (C=O) groups excluding carboxylic acids is 2. The smallest absolute Gasteiger partial charge is 0.264 e. The van der Waals surface area contributed by atoms with E-state index in [9.17, 15) is 22.4 Å². The molecule has 0 bridgehead atoms. The summed E-state index contributed by atoms with van der Waals surface area (Å²) in [4.78, 5) is 28.6. The number of amides is 2. The molecule has 3 rings (SSSR count). The summed E-state index contributed by atoms with van der Waals surface area (Å²) in [6.07, 6.45) is 1.03. The van der Waals surface area contributed by atoms with Crippen molar-refractivity contribution in [1.82, 2.24) is 10.2 Å². The molecule has 0 radical (unpaired) electrons. The lowest BCUT2D eigenvalue weighted by atomic mass is 10.1. The Kier molecular flexibility index (Phi) is 10.7. The fraction of sp³-hybridized carbons (Fsp3) is 0.333. The van der Waals surface area contributed by atoms with Gasteiger partial charge in [0.2, 0.25) is 11.8 Å². The molecule has 0 saturated carbocycles. The zero-order valence-corrected chi connectivity index (χ0v) is 24.0. The summed E-state index contributed by atoms with van der Waals surface area (Å²) in [6, 6.07) is 18.8. The van der Waals surface area contributed by atoms with Crippen molar-refractivity contribution < 1.29 is 27.1 Å². The first-order valence-corrected chi connectivity index (χ1v) is 14.6. The second-order valence-electron chi connectivity index (χ2n) is 9.42. The molecular weight excluding hydrogens is 533 g/mol. The second-order valence-corrected chi connectivity index (χ2v) is 11.3. The van der Waals surface area contributed by atoms with Crippen LogP contribution < -0.4 is 14.4 Å². The number of hydrogen-bond acceptors (Lipinski definition) is 5. The fourth-order valence-corrected chi connectivity index (χ4v) is 5.60. The zero-order chi connectivity index (χ0) is 29.3. The molecule has 1 N–H and O–H groups in total. The van der Waals surface area contributed by atoms with E-state index in [1.807, 2.05) is 19.9 Å². The van der Waals surface area contributed by atoms with Crippen LogP contribution in [0.3, 0.4) is 0 Å². The molecule has 40 heavy (non-hydrogen) atoms. The standard InChI is InChI=1S/C30H36FN3O5S/c1-5-22(3)32-30(36)28(6-2)33(20-23-11-10-14-26(19-23)39-4)29(35)21-34(25-12-8-7-9-13-25)40(37,38)27-17-15-24(31)16-18-27/h7-19,22,28H,5-6,20-21H2,1-4H3,(H,32,36)/t22-,28-/m1/s1. The number of hydrogen-bond donors (Lipinski definition) is 1. The van der Waals surface area contributed by atoms with Crippen LogP contribution in [-0.2, 0) is 26.2 Å². The number of rotatable bonds is 13. The van der Waals surface area contributed by atoms with E-state index in [0.29, 0.717) is 18.6 Å². The summed E-state index contributed by atoms with van der Waals surface area (Å²) in [7, 11) is -2.72. The third-order valence-corrected chi connectivity index (χ3v) is 8.39. The maximum absolute atomic E-state index is 14.0. The van der Waals surface area contributed by atoms with Crippen molar-refractivity contribution in [2.45, 2.75) is 57.1 Å². The van der Waals surface area contributed by atoms with E-state index >= 15 is 0 Å². The van der Waals surface area contributed by atoms with Crippen molar-refractivity contribution in [2.75, 3.05) is 18.0 Å². The van der Waals surface area contributed by atoms with Crippen molar-refractivity contribution in [1.29, 1.82) is 0 Å². The van der Waals surface area contributed by atoms with Gasteiger partial charge in [0, 0.05) is 12.6 Å². The Bertz CT molecular complexity index is 1380. The molecule has 0 spiro atoms. The van der Waals surface area contributed by atoms with Gasteiger partial charge in [0.25, 0.3) is 10.0 Å². The summed E-state index contributed by atoms with van der Waals surface area (Å²) in [6.45, 7) is 5.12. The zero-order valence-electron chi connectivity index (χ0n) is 23.2. The minimum Gasteiger partial charge on any atom is -0.497 e. The lowest BCUT2D eigenvalue weighted by Gasteiger charge is -2.33. The highest BCUT2D eigenvalue weighted by Crippen LogP contribution is 2.25. The van der Waals surface area contributed by atoms with Gasteiger partial charge >= 0.3 is 0 Å². The summed E-state index contributed by atoms with van der Waals surface area (Å²) in [5.41, 5.74) is 0.980. The Morgan fingerprint density at radius 2 is 1.62 bits per heavy atom. The molecule has 0 aliphatic rings. The molecule has 0 heterocycles. The third kappa shape index (κ3) is 7.59. The Morgan fingerprint density at radius 1 is 0.950 bits per heavy atom. The molecular formula is C30H36FN3O5S. The summed E-state index contributed by atoms with van der Waals surface area (Å²) in [5.74, 6) is -0.875. The van der Waals surface area contributed by atoms with Crippen molar-refractivity contribution in [3.63, 3.8) is 0 Å². The molecule has 0 unspecified atom stereocenters. The van der Waals surface area contributed by atoms with Gasteiger partial charge in [-0.25, -0.2) is 12.8 Å². The van der Waals surface area contributed by atoms with Crippen LogP contribution in [0.2, 0.25) is 0 Å². The summed E-state index contributed by atoms with van der Waals surface area (Å²) in [5, 5.41) is 2.95. The van der Waals surface area contributed by atoms with Gasteiger partial charge in [-0.05, 0) is 73.9 Å². The number of carbonyl (C=O) groups is 2. The molecule has 8 nitrogen and oxygen atoms in total. The number of nitrogens with one attached hydrogen (secondary N) is 1. The van der Waals surface area contributed by atoms with Crippen LogP contribution in [0.5, 0.6) is 5.75 Å². The number of methoxy groups -OCH3 is 1. The van der Waals surface area contributed by atoms with Crippen LogP contribution in [0.1, 0.15) is 39.2 Å². The van der Waals surface area contributed by atoms with Crippen LogP contribution in [-0.4, -0.2) is 50.9 Å². The number of nitrogens with zero attached hydrogens (tertiary/aromatic N) is 2. The average molecular weight is 570 g/mol. The van der Waals surface area contributed by atoms with Gasteiger partial charge in [-0.2, -0.15) is 0 Å². The number of halogens is 1. The monoisotopic (exact) mass is 569 g/mol. The number of anilines is 1. The third-order valence-electron chi connectivity index (χ3n) is 6.60. The van der Waals surface area contributed by atoms with Crippen LogP contribution in [0, 0.1) is 5.82 Å². The molecule has 0 aliphatic carbocycles. The maximum atomic E-state index is 14.0.